The van der Waals surface area contributed by atoms with E-state index >= 15 is 0 Å². The first-order chi connectivity index (χ1) is 4.93. The van der Waals surface area contributed by atoms with Crippen molar-refractivity contribution in [2.24, 2.45) is 0 Å². The second-order valence-electron chi connectivity index (χ2n) is 1.79. The third-order valence-electron chi connectivity index (χ3n) is 0.991. The van der Waals surface area contributed by atoms with E-state index in [1.807, 2.05) is 16.8 Å². The van der Waals surface area contributed by atoms with Crippen molar-refractivity contribution < 1.29 is 5.11 Å². The Morgan fingerprint density at radius 2 is 2.50 bits per heavy atom. The maximum absolute atomic E-state index is 8.39. The maximum Gasteiger partial charge on any atom is 0.0540 e. The smallest absolute Gasteiger partial charge is 0.0540 e. The fourth-order valence-corrected chi connectivity index (χ4v) is 1.14. The van der Waals surface area contributed by atoms with Gasteiger partial charge in [-0.05, 0) is 11.4 Å². The summed E-state index contributed by atoms with van der Waals surface area (Å²) in [6.07, 6.45) is 0.565. The van der Waals surface area contributed by atoms with Crippen LogP contribution in [0.1, 0.15) is 12.0 Å². The van der Waals surface area contributed by atoms with Crippen LogP contribution in [0.5, 0.6) is 0 Å². The van der Waals surface area contributed by atoms with Gasteiger partial charge in [-0.1, -0.05) is 11.8 Å². The van der Waals surface area contributed by atoms with Gasteiger partial charge in [-0.25, -0.2) is 0 Å². The molecule has 0 saturated heterocycles. The molecule has 0 saturated carbocycles. The Kier molecular flexibility index (Phi) is 3.01. The van der Waals surface area contributed by atoms with Crippen LogP contribution in [0.15, 0.2) is 16.8 Å². The van der Waals surface area contributed by atoms with Gasteiger partial charge in [0.2, 0.25) is 0 Å². The lowest BCUT2D eigenvalue weighted by atomic mass is 10.3. The van der Waals surface area contributed by atoms with Gasteiger partial charge in [0, 0.05) is 17.4 Å². The molecule has 0 atom stereocenters. The Balaban J connectivity index is 2.49. The molecule has 2 heteroatoms. The Bertz CT molecular complexity index is 228. The van der Waals surface area contributed by atoms with Crippen LogP contribution in [0.2, 0.25) is 0 Å². The van der Waals surface area contributed by atoms with E-state index in [0.717, 1.165) is 5.56 Å². The van der Waals surface area contributed by atoms with Gasteiger partial charge in [-0.3, -0.25) is 0 Å². The fraction of sp³-hybridized carbons (Fsp3) is 0.250. The first-order valence-corrected chi connectivity index (χ1v) is 3.99. The fourth-order valence-electron chi connectivity index (χ4n) is 0.556. The van der Waals surface area contributed by atoms with Crippen LogP contribution < -0.4 is 0 Å². The summed E-state index contributed by atoms with van der Waals surface area (Å²) in [7, 11) is 0. The molecule has 0 bridgehead atoms. The van der Waals surface area contributed by atoms with Gasteiger partial charge in [0.1, 0.15) is 0 Å². The molecule has 0 amide bonds. The lowest BCUT2D eigenvalue weighted by Gasteiger charge is -1.77. The monoisotopic (exact) mass is 152 g/mol. The molecule has 1 N–H and O–H groups in total. The number of rotatable bonds is 1. The third kappa shape index (κ3) is 2.22. The van der Waals surface area contributed by atoms with Crippen molar-refractivity contribution >= 4 is 11.3 Å². The molecule has 1 aromatic heterocycles. The zero-order valence-corrected chi connectivity index (χ0v) is 6.32. The molecule has 52 valence electrons. The minimum atomic E-state index is 0.150. The lowest BCUT2D eigenvalue weighted by molar-refractivity contribution is 0.305. The molecule has 0 aliphatic rings. The van der Waals surface area contributed by atoms with Crippen molar-refractivity contribution in [1.82, 2.24) is 0 Å². The average molecular weight is 152 g/mol. The first-order valence-electron chi connectivity index (χ1n) is 3.05. The van der Waals surface area contributed by atoms with Gasteiger partial charge in [-0.15, -0.1) is 0 Å². The molecule has 1 nitrogen and oxygen atoms in total. The summed E-state index contributed by atoms with van der Waals surface area (Å²) in [5, 5.41) is 12.4. The predicted molar refractivity (Wildman–Crippen MR) is 42.9 cm³/mol. The van der Waals surface area contributed by atoms with E-state index < -0.39 is 0 Å². The standard InChI is InChI=1S/C8H8OS/c9-5-2-1-3-8-4-6-10-7-8/h4,6-7,9H,2,5H2. The second kappa shape index (κ2) is 4.10. The number of hydrogen-bond donors (Lipinski definition) is 1. The summed E-state index contributed by atoms with van der Waals surface area (Å²) in [6, 6.07) is 1.97. The molecule has 0 unspecified atom stereocenters. The minimum absolute atomic E-state index is 0.150. The Morgan fingerprint density at radius 1 is 1.60 bits per heavy atom. The van der Waals surface area contributed by atoms with E-state index in [-0.39, 0.29) is 6.61 Å². The number of aliphatic hydroxyl groups is 1. The molecule has 0 fully saturated rings. The van der Waals surface area contributed by atoms with E-state index in [1.54, 1.807) is 11.3 Å². The quantitative estimate of drug-likeness (QED) is 0.604. The topological polar surface area (TPSA) is 20.2 Å². The normalized spacial score (nSPS) is 8.50. The SMILES string of the molecule is OCCC#Cc1ccsc1. The van der Waals surface area contributed by atoms with Gasteiger partial charge in [0.25, 0.3) is 0 Å². The van der Waals surface area contributed by atoms with Crippen molar-refractivity contribution in [3.05, 3.63) is 22.4 Å². The Morgan fingerprint density at radius 3 is 3.10 bits per heavy atom. The van der Waals surface area contributed by atoms with Crippen LogP contribution in [-0.2, 0) is 0 Å². The Labute approximate surface area is 64.3 Å². The van der Waals surface area contributed by atoms with E-state index in [2.05, 4.69) is 11.8 Å². The summed E-state index contributed by atoms with van der Waals surface area (Å²) in [6.45, 7) is 0.150. The van der Waals surface area contributed by atoms with Crippen LogP contribution in [0.4, 0.5) is 0 Å². The lowest BCUT2D eigenvalue weighted by Crippen LogP contribution is -1.75. The highest BCUT2D eigenvalue weighted by Gasteiger charge is 1.81. The van der Waals surface area contributed by atoms with Crippen LogP contribution in [0.25, 0.3) is 0 Å². The molecule has 0 aliphatic carbocycles. The van der Waals surface area contributed by atoms with Crippen molar-refractivity contribution in [3.8, 4) is 11.8 Å². The number of thiophene rings is 1. The average Bonchev–Trinajstić information content (AvgIpc) is 2.41. The molecular formula is C8H8OS. The van der Waals surface area contributed by atoms with E-state index in [0.29, 0.717) is 6.42 Å². The van der Waals surface area contributed by atoms with Crippen LogP contribution in [0, 0.1) is 11.8 Å². The zero-order valence-electron chi connectivity index (χ0n) is 5.50. The van der Waals surface area contributed by atoms with Gasteiger partial charge < -0.3 is 5.11 Å². The molecule has 1 aromatic rings. The Hall–Kier alpha value is -0.780. The molecule has 1 heterocycles. The minimum Gasteiger partial charge on any atom is -0.395 e. The highest BCUT2D eigenvalue weighted by Crippen LogP contribution is 2.02. The van der Waals surface area contributed by atoms with Crippen molar-refractivity contribution in [1.29, 1.82) is 0 Å². The summed E-state index contributed by atoms with van der Waals surface area (Å²) in [4.78, 5) is 0. The third-order valence-corrected chi connectivity index (χ3v) is 1.67. The predicted octanol–water partition coefficient (Wildman–Crippen LogP) is 1.48. The second-order valence-corrected chi connectivity index (χ2v) is 2.57. The van der Waals surface area contributed by atoms with Gasteiger partial charge in [0.15, 0.2) is 0 Å². The van der Waals surface area contributed by atoms with Crippen LogP contribution >= 0.6 is 11.3 Å². The zero-order chi connectivity index (χ0) is 7.23. The molecular weight excluding hydrogens is 144 g/mol. The molecule has 0 aromatic carbocycles. The van der Waals surface area contributed by atoms with Crippen LogP contribution in [0.3, 0.4) is 0 Å². The van der Waals surface area contributed by atoms with Crippen LogP contribution in [-0.4, -0.2) is 11.7 Å². The van der Waals surface area contributed by atoms with Gasteiger partial charge >= 0.3 is 0 Å². The maximum atomic E-state index is 8.39. The van der Waals surface area contributed by atoms with E-state index in [9.17, 15) is 0 Å². The highest BCUT2D eigenvalue weighted by atomic mass is 32.1. The van der Waals surface area contributed by atoms with Crippen molar-refractivity contribution in [2.45, 2.75) is 6.42 Å². The molecule has 1 rings (SSSR count). The highest BCUT2D eigenvalue weighted by molar-refractivity contribution is 7.08. The van der Waals surface area contributed by atoms with Crippen molar-refractivity contribution in [3.63, 3.8) is 0 Å². The van der Waals surface area contributed by atoms with Gasteiger partial charge in [0.05, 0.1) is 6.61 Å². The molecule has 10 heavy (non-hydrogen) atoms. The summed E-state index contributed by atoms with van der Waals surface area (Å²) < 4.78 is 0. The van der Waals surface area contributed by atoms with Gasteiger partial charge in [-0.2, -0.15) is 11.3 Å². The summed E-state index contributed by atoms with van der Waals surface area (Å²) >= 11 is 1.63. The van der Waals surface area contributed by atoms with E-state index in [4.69, 9.17) is 5.11 Å². The number of hydrogen-bond acceptors (Lipinski definition) is 2. The largest absolute Gasteiger partial charge is 0.395 e. The molecule has 0 aliphatic heterocycles. The van der Waals surface area contributed by atoms with E-state index in [1.165, 1.54) is 0 Å². The molecule has 0 radical (unpaired) electrons. The summed E-state index contributed by atoms with van der Waals surface area (Å²) in [5.74, 6) is 5.77. The molecule has 0 spiro atoms. The first kappa shape index (κ1) is 7.33. The number of aliphatic hydroxyl groups excluding tert-OH is 1. The van der Waals surface area contributed by atoms with Crippen molar-refractivity contribution in [2.75, 3.05) is 6.61 Å². The summed E-state index contributed by atoms with van der Waals surface area (Å²) in [5.41, 5.74) is 1.04.